The molecule has 1 aliphatic heterocycles. The lowest BCUT2D eigenvalue weighted by atomic mass is 10.2. The zero-order chi connectivity index (χ0) is 18.4. The number of aryl methyl sites for hydroxylation is 1. The average Bonchev–Trinajstić information content (AvgIpc) is 3.29. The number of fused-ring (bicyclic) bond motifs is 1. The number of piperazine rings is 1. The normalized spacial score (nSPS) is 19.7. The Morgan fingerprint density at radius 3 is 2.67 bits per heavy atom. The van der Waals surface area contributed by atoms with Gasteiger partial charge >= 0.3 is 0 Å². The first kappa shape index (κ1) is 16.6. The first-order chi connectivity index (χ1) is 13.2. The fourth-order valence-electron chi connectivity index (χ4n) is 3.64. The van der Waals surface area contributed by atoms with Gasteiger partial charge in [-0.2, -0.15) is 9.50 Å². The largest absolute Gasteiger partial charge is 0.353 e. The van der Waals surface area contributed by atoms with Crippen LogP contribution in [0.25, 0.3) is 5.65 Å². The summed E-state index contributed by atoms with van der Waals surface area (Å²) in [6.07, 6.45) is 3.18. The standard InChI is InChI=1S/C18H24N8O/c1-3-14-19-18(27-23-14)12(2)24-8-10-25(11-9-24)16-7-6-15-20-21-17(13-4-5-13)26(15)22-16/h6-7,12-13H,3-5,8-11H2,1-2H3. The van der Waals surface area contributed by atoms with E-state index < -0.39 is 0 Å². The van der Waals surface area contributed by atoms with Crippen LogP contribution in [0, 0.1) is 0 Å². The van der Waals surface area contributed by atoms with E-state index in [0.717, 1.165) is 55.7 Å². The maximum absolute atomic E-state index is 5.42. The summed E-state index contributed by atoms with van der Waals surface area (Å²) in [5.74, 6) is 4.00. The third kappa shape index (κ3) is 3.05. The summed E-state index contributed by atoms with van der Waals surface area (Å²) in [5, 5.41) is 17.4. The van der Waals surface area contributed by atoms with Crippen molar-refractivity contribution >= 4 is 11.5 Å². The Kier molecular flexibility index (Phi) is 4.04. The van der Waals surface area contributed by atoms with Crippen LogP contribution < -0.4 is 4.90 Å². The molecule has 1 atom stereocenters. The van der Waals surface area contributed by atoms with E-state index in [1.807, 2.05) is 23.6 Å². The summed E-state index contributed by atoms with van der Waals surface area (Å²) < 4.78 is 7.34. The van der Waals surface area contributed by atoms with Crippen LogP contribution in [0.2, 0.25) is 0 Å². The van der Waals surface area contributed by atoms with Crippen LogP contribution in [0.4, 0.5) is 5.82 Å². The van der Waals surface area contributed by atoms with Crippen LogP contribution in [0.5, 0.6) is 0 Å². The smallest absolute Gasteiger partial charge is 0.243 e. The Hall–Kier alpha value is -2.55. The zero-order valence-electron chi connectivity index (χ0n) is 15.7. The highest BCUT2D eigenvalue weighted by Gasteiger charge is 2.30. The molecule has 0 radical (unpaired) electrons. The van der Waals surface area contributed by atoms with Gasteiger partial charge in [-0.3, -0.25) is 4.90 Å². The van der Waals surface area contributed by atoms with Gasteiger partial charge in [-0.25, -0.2) is 0 Å². The van der Waals surface area contributed by atoms with E-state index >= 15 is 0 Å². The van der Waals surface area contributed by atoms with E-state index in [1.54, 1.807) is 0 Å². The maximum Gasteiger partial charge on any atom is 0.243 e. The molecule has 0 N–H and O–H groups in total. The Balaban J connectivity index is 1.28. The molecular formula is C18H24N8O. The highest BCUT2D eigenvalue weighted by Crippen LogP contribution is 2.38. The van der Waals surface area contributed by atoms with Crippen molar-refractivity contribution in [1.82, 2.24) is 34.9 Å². The Labute approximate surface area is 157 Å². The minimum atomic E-state index is 0.134. The molecule has 1 saturated heterocycles. The third-order valence-electron chi connectivity index (χ3n) is 5.56. The summed E-state index contributed by atoms with van der Waals surface area (Å²) in [6.45, 7) is 7.86. The molecule has 3 aromatic heterocycles. The Morgan fingerprint density at radius 2 is 1.96 bits per heavy atom. The van der Waals surface area contributed by atoms with Crippen LogP contribution in [-0.4, -0.2) is 61.0 Å². The summed E-state index contributed by atoms with van der Waals surface area (Å²) in [4.78, 5) is 9.19. The molecule has 9 nitrogen and oxygen atoms in total. The van der Waals surface area contributed by atoms with Gasteiger partial charge in [-0.05, 0) is 31.9 Å². The van der Waals surface area contributed by atoms with Crippen LogP contribution in [0.15, 0.2) is 16.7 Å². The second kappa shape index (κ2) is 6.56. The predicted octanol–water partition coefficient (Wildman–Crippen LogP) is 1.83. The molecule has 9 heteroatoms. The first-order valence-electron chi connectivity index (χ1n) is 9.76. The van der Waals surface area contributed by atoms with E-state index in [0.29, 0.717) is 11.8 Å². The monoisotopic (exact) mass is 368 g/mol. The molecule has 1 aliphatic carbocycles. The van der Waals surface area contributed by atoms with Gasteiger partial charge in [0.1, 0.15) is 5.82 Å². The van der Waals surface area contributed by atoms with Crippen molar-refractivity contribution in [3.05, 3.63) is 29.7 Å². The lowest BCUT2D eigenvalue weighted by Crippen LogP contribution is -2.47. The molecule has 5 rings (SSSR count). The fraction of sp³-hybridized carbons (Fsp3) is 0.611. The number of nitrogens with zero attached hydrogens (tertiary/aromatic N) is 8. The van der Waals surface area contributed by atoms with Crippen LogP contribution in [0.3, 0.4) is 0 Å². The Bertz CT molecular complexity index is 938. The molecule has 0 amide bonds. The van der Waals surface area contributed by atoms with E-state index in [1.165, 1.54) is 12.8 Å². The van der Waals surface area contributed by atoms with Crippen molar-refractivity contribution in [2.75, 3.05) is 31.1 Å². The lowest BCUT2D eigenvalue weighted by Gasteiger charge is -2.37. The molecule has 3 aromatic rings. The van der Waals surface area contributed by atoms with Crippen molar-refractivity contribution in [2.24, 2.45) is 0 Å². The van der Waals surface area contributed by atoms with Gasteiger partial charge in [0.15, 0.2) is 17.3 Å². The Morgan fingerprint density at radius 1 is 1.15 bits per heavy atom. The van der Waals surface area contributed by atoms with Crippen molar-refractivity contribution < 1.29 is 4.52 Å². The van der Waals surface area contributed by atoms with Gasteiger partial charge in [-0.1, -0.05) is 12.1 Å². The molecule has 1 saturated carbocycles. The molecule has 1 unspecified atom stereocenters. The average molecular weight is 368 g/mol. The minimum absolute atomic E-state index is 0.134. The first-order valence-corrected chi connectivity index (χ1v) is 9.76. The molecule has 0 spiro atoms. The van der Waals surface area contributed by atoms with E-state index in [2.05, 4.69) is 37.1 Å². The highest BCUT2D eigenvalue weighted by atomic mass is 16.5. The predicted molar refractivity (Wildman–Crippen MR) is 98.6 cm³/mol. The van der Waals surface area contributed by atoms with Gasteiger partial charge in [0.2, 0.25) is 5.89 Å². The third-order valence-corrected chi connectivity index (χ3v) is 5.56. The van der Waals surface area contributed by atoms with Crippen LogP contribution >= 0.6 is 0 Å². The fourth-order valence-corrected chi connectivity index (χ4v) is 3.64. The van der Waals surface area contributed by atoms with E-state index in [-0.39, 0.29) is 6.04 Å². The molecular weight excluding hydrogens is 344 g/mol. The van der Waals surface area contributed by atoms with Gasteiger partial charge < -0.3 is 9.42 Å². The topological polar surface area (TPSA) is 88.5 Å². The van der Waals surface area contributed by atoms with Crippen LogP contribution in [0.1, 0.15) is 56.2 Å². The zero-order valence-corrected chi connectivity index (χ0v) is 15.7. The lowest BCUT2D eigenvalue weighted by molar-refractivity contribution is 0.164. The van der Waals surface area contributed by atoms with Gasteiger partial charge in [-0.15, -0.1) is 15.3 Å². The summed E-state index contributed by atoms with van der Waals surface area (Å²) >= 11 is 0. The summed E-state index contributed by atoms with van der Waals surface area (Å²) in [6, 6.07) is 4.20. The molecule has 142 valence electrons. The second-order valence-electron chi connectivity index (χ2n) is 7.40. The van der Waals surface area contributed by atoms with E-state index in [9.17, 15) is 0 Å². The van der Waals surface area contributed by atoms with Crippen LogP contribution in [-0.2, 0) is 6.42 Å². The number of rotatable bonds is 5. The maximum atomic E-state index is 5.42. The van der Waals surface area contributed by atoms with Gasteiger partial charge in [0.05, 0.1) is 6.04 Å². The second-order valence-corrected chi connectivity index (χ2v) is 7.40. The van der Waals surface area contributed by atoms with Crippen molar-refractivity contribution in [2.45, 2.75) is 45.1 Å². The van der Waals surface area contributed by atoms with Gasteiger partial charge in [0.25, 0.3) is 0 Å². The molecule has 0 bridgehead atoms. The number of hydrogen-bond acceptors (Lipinski definition) is 8. The van der Waals surface area contributed by atoms with Gasteiger partial charge in [0, 0.05) is 38.5 Å². The van der Waals surface area contributed by atoms with Crippen molar-refractivity contribution in [3.63, 3.8) is 0 Å². The molecule has 2 aliphatic rings. The minimum Gasteiger partial charge on any atom is -0.353 e. The molecule has 0 aromatic carbocycles. The SMILES string of the molecule is CCc1noc(C(C)N2CCN(c3ccc4nnc(C5CC5)n4n3)CC2)n1. The van der Waals surface area contributed by atoms with Crippen molar-refractivity contribution in [3.8, 4) is 0 Å². The molecule has 4 heterocycles. The summed E-state index contributed by atoms with van der Waals surface area (Å²) in [7, 11) is 0. The number of aromatic nitrogens is 6. The molecule has 2 fully saturated rings. The van der Waals surface area contributed by atoms with Crippen molar-refractivity contribution in [1.29, 1.82) is 0 Å². The number of anilines is 1. The van der Waals surface area contributed by atoms with E-state index in [4.69, 9.17) is 9.62 Å². The highest BCUT2D eigenvalue weighted by molar-refractivity contribution is 5.46. The summed E-state index contributed by atoms with van der Waals surface area (Å²) in [5.41, 5.74) is 0.830. The molecule has 27 heavy (non-hydrogen) atoms. The quantitative estimate of drug-likeness (QED) is 0.674. The number of hydrogen-bond donors (Lipinski definition) is 0.